The van der Waals surface area contributed by atoms with Crippen LogP contribution >= 0.6 is 22.7 Å². The van der Waals surface area contributed by atoms with Crippen molar-refractivity contribution in [1.82, 2.24) is 9.97 Å². The zero-order valence-electron chi connectivity index (χ0n) is 18.0. The average Bonchev–Trinajstić information content (AvgIpc) is 3.32. The summed E-state index contributed by atoms with van der Waals surface area (Å²) in [6.45, 7) is 9.03. The molecule has 0 fully saturated rings. The second-order valence-electron chi connectivity index (χ2n) is 9.23. The fraction of sp³-hybridized carbons (Fsp3) is 0.185. The topological polar surface area (TPSA) is 25.8 Å². The van der Waals surface area contributed by atoms with E-state index in [1.165, 1.54) is 52.3 Å². The first-order valence-electron chi connectivity index (χ1n) is 10.5. The van der Waals surface area contributed by atoms with E-state index < -0.39 is 0 Å². The lowest BCUT2D eigenvalue weighted by atomic mass is 9.82. The normalized spacial score (nSPS) is 12.5. The van der Waals surface area contributed by atoms with Gasteiger partial charge in [0.25, 0.3) is 0 Å². The molecular formula is C27H22N2S2. The highest BCUT2D eigenvalue weighted by atomic mass is 32.1. The first-order valence-corrected chi connectivity index (χ1v) is 12.2. The van der Waals surface area contributed by atoms with E-state index >= 15 is 0 Å². The molecule has 31 heavy (non-hydrogen) atoms. The summed E-state index contributed by atoms with van der Waals surface area (Å²) >= 11 is 3.63. The third kappa shape index (κ3) is 2.82. The lowest BCUT2D eigenvalue weighted by Gasteiger charge is -2.22. The van der Waals surface area contributed by atoms with Gasteiger partial charge in [0.15, 0.2) is 0 Å². The number of hydrogen-bond donors (Lipinski definition) is 0. The molecule has 4 heteroatoms. The van der Waals surface area contributed by atoms with Gasteiger partial charge in [0.2, 0.25) is 0 Å². The van der Waals surface area contributed by atoms with Crippen LogP contribution in [0, 0.1) is 6.92 Å². The van der Waals surface area contributed by atoms with E-state index in [0.717, 1.165) is 11.2 Å². The quantitative estimate of drug-likeness (QED) is 0.257. The van der Waals surface area contributed by atoms with Crippen molar-refractivity contribution in [3.63, 3.8) is 0 Å². The smallest absolute Gasteiger partial charge is 0.116 e. The van der Waals surface area contributed by atoms with Gasteiger partial charge in [-0.1, -0.05) is 51.1 Å². The third-order valence-electron chi connectivity index (χ3n) is 6.09. The Morgan fingerprint density at radius 2 is 1.71 bits per heavy atom. The second kappa shape index (κ2) is 6.59. The van der Waals surface area contributed by atoms with Gasteiger partial charge in [-0.15, -0.1) is 22.7 Å². The summed E-state index contributed by atoms with van der Waals surface area (Å²) in [5.41, 5.74) is 6.00. The number of benzene rings is 3. The van der Waals surface area contributed by atoms with Gasteiger partial charge in [-0.25, -0.2) is 9.97 Å². The highest BCUT2D eigenvalue weighted by molar-refractivity contribution is 7.27. The van der Waals surface area contributed by atoms with Crippen LogP contribution in [0.5, 0.6) is 0 Å². The Morgan fingerprint density at radius 3 is 2.55 bits per heavy atom. The monoisotopic (exact) mass is 438 g/mol. The van der Waals surface area contributed by atoms with Crippen molar-refractivity contribution < 1.29 is 0 Å². The van der Waals surface area contributed by atoms with E-state index in [9.17, 15) is 0 Å². The molecule has 0 spiro atoms. The molecule has 3 aromatic carbocycles. The summed E-state index contributed by atoms with van der Waals surface area (Å²) in [4.78, 5) is 9.54. The first-order chi connectivity index (χ1) is 14.9. The lowest BCUT2D eigenvalue weighted by molar-refractivity contribution is 0.596. The maximum Gasteiger partial charge on any atom is 0.116 e. The van der Waals surface area contributed by atoms with Crippen LogP contribution in [0.3, 0.4) is 0 Å². The lowest BCUT2D eigenvalue weighted by Crippen LogP contribution is -2.12. The third-order valence-corrected chi connectivity index (χ3v) is 8.38. The molecule has 0 atom stereocenters. The summed E-state index contributed by atoms with van der Waals surface area (Å²) in [6.07, 6.45) is 1.73. The molecule has 3 aromatic heterocycles. The standard InChI is InChI=1S/C27H22N2S2/c1-15-13-30-25-18(15)9-10-21-22(25)24-26(31-21)23(28-14-29-24)17-11-16-7-5-6-8-19(16)20(12-17)27(2,3)4/h5-14H,1-4H3. The Bertz CT molecular complexity index is 1630. The average molecular weight is 439 g/mol. The van der Waals surface area contributed by atoms with Crippen molar-refractivity contribution in [3.8, 4) is 11.3 Å². The number of fused-ring (bicyclic) bond motifs is 6. The van der Waals surface area contributed by atoms with Crippen molar-refractivity contribution in [1.29, 1.82) is 0 Å². The highest BCUT2D eigenvalue weighted by Gasteiger charge is 2.21. The minimum atomic E-state index is 0.0442. The number of rotatable bonds is 1. The molecule has 0 amide bonds. The summed E-state index contributed by atoms with van der Waals surface area (Å²) in [6, 6.07) is 17.8. The largest absolute Gasteiger partial charge is 0.235 e. The Kier molecular flexibility index (Phi) is 4.02. The summed E-state index contributed by atoms with van der Waals surface area (Å²) in [5, 5.41) is 7.42. The molecule has 0 N–H and O–H groups in total. The molecule has 0 aliphatic heterocycles. The molecule has 2 nitrogen and oxygen atoms in total. The zero-order chi connectivity index (χ0) is 21.3. The number of nitrogens with zero attached hydrogens (tertiary/aromatic N) is 2. The van der Waals surface area contributed by atoms with Crippen LogP contribution in [0.1, 0.15) is 31.9 Å². The SMILES string of the molecule is Cc1csc2c1ccc1sc3c(-c4cc(C(C)(C)C)c5ccccc5c4)ncnc3c12. The molecule has 0 saturated carbocycles. The van der Waals surface area contributed by atoms with E-state index in [0.29, 0.717) is 0 Å². The molecule has 0 bridgehead atoms. The van der Waals surface area contributed by atoms with Gasteiger partial charge in [0.05, 0.1) is 15.9 Å². The minimum absolute atomic E-state index is 0.0442. The predicted octanol–water partition coefficient (Wildman–Crippen LogP) is 8.49. The van der Waals surface area contributed by atoms with Crippen LogP contribution in [0.4, 0.5) is 0 Å². The number of aromatic nitrogens is 2. The van der Waals surface area contributed by atoms with Crippen molar-refractivity contribution in [2.75, 3.05) is 0 Å². The summed E-state index contributed by atoms with van der Waals surface area (Å²) < 4.78 is 3.79. The van der Waals surface area contributed by atoms with Gasteiger partial charge in [0, 0.05) is 20.3 Å². The van der Waals surface area contributed by atoms with E-state index in [4.69, 9.17) is 9.97 Å². The molecule has 0 aliphatic rings. The van der Waals surface area contributed by atoms with Crippen LogP contribution in [0.25, 0.3) is 52.4 Å². The van der Waals surface area contributed by atoms with Gasteiger partial charge in [-0.05, 0) is 63.2 Å². The van der Waals surface area contributed by atoms with Crippen molar-refractivity contribution >= 4 is 63.8 Å². The Labute approximate surface area is 189 Å². The molecule has 3 heterocycles. The molecule has 0 aliphatic carbocycles. The maximum atomic E-state index is 4.79. The molecule has 0 saturated heterocycles. The van der Waals surface area contributed by atoms with Crippen LogP contribution in [-0.2, 0) is 5.41 Å². The maximum absolute atomic E-state index is 4.79. The van der Waals surface area contributed by atoms with Crippen LogP contribution in [-0.4, -0.2) is 9.97 Å². The fourth-order valence-corrected chi connectivity index (χ4v) is 6.89. The second-order valence-corrected chi connectivity index (χ2v) is 11.2. The van der Waals surface area contributed by atoms with Gasteiger partial charge in [0.1, 0.15) is 6.33 Å². The number of thiophene rings is 2. The van der Waals surface area contributed by atoms with Crippen LogP contribution < -0.4 is 0 Å². The minimum Gasteiger partial charge on any atom is -0.235 e. The van der Waals surface area contributed by atoms with Crippen LogP contribution in [0.2, 0.25) is 0 Å². The summed E-state index contributed by atoms with van der Waals surface area (Å²) in [5.74, 6) is 0. The Hall–Kier alpha value is -2.82. The number of aryl methyl sites for hydroxylation is 1. The first kappa shape index (κ1) is 18.9. The van der Waals surface area contributed by atoms with E-state index in [-0.39, 0.29) is 5.41 Å². The van der Waals surface area contributed by atoms with Gasteiger partial charge in [-0.2, -0.15) is 0 Å². The molecule has 6 rings (SSSR count). The summed E-state index contributed by atoms with van der Waals surface area (Å²) in [7, 11) is 0. The Morgan fingerprint density at radius 1 is 0.871 bits per heavy atom. The number of hydrogen-bond acceptors (Lipinski definition) is 4. The highest BCUT2D eigenvalue weighted by Crippen LogP contribution is 2.44. The fourth-order valence-electron chi connectivity index (χ4n) is 4.55. The predicted molar refractivity (Wildman–Crippen MR) is 137 cm³/mol. The van der Waals surface area contributed by atoms with E-state index in [1.54, 1.807) is 6.33 Å². The zero-order valence-corrected chi connectivity index (χ0v) is 19.6. The van der Waals surface area contributed by atoms with Gasteiger partial charge in [-0.3, -0.25) is 0 Å². The van der Waals surface area contributed by atoms with Crippen molar-refractivity contribution in [3.05, 3.63) is 71.4 Å². The van der Waals surface area contributed by atoms with Gasteiger partial charge >= 0.3 is 0 Å². The molecule has 0 unspecified atom stereocenters. The van der Waals surface area contributed by atoms with Gasteiger partial charge < -0.3 is 0 Å². The molecule has 6 aromatic rings. The van der Waals surface area contributed by atoms with E-state index in [1.807, 2.05) is 22.7 Å². The van der Waals surface area contributed by atoms with Crippen molar-refractivity contribution in [2.24, 2.45) is 0 Å². The van der Waals surface area contributed by atoms with E-state index in [2.05, 4.69) is 81.6 Å². The molecule has 152 valence electrons. The van der Waals surface area contributed by atoms with Crippen molar-refractivity contribution in [2.45, 2.75) is 33.1 Å². The van der Waals surface area contributed by atoms with Crippen LogP contribution in [0.15, 0.2) is 60.2 Å². The Balaban J connectivity index is 1.71. The molecule has 0 radical (unpaired) electrons. The molecular weight excluding hydrogens is 416 g/mol.